The van der Waals surface area contributed by atoms with Crippen LogP contribution in [0.5, 0.6) is 0 Å². The number of carbonyl (C=O) groups excluding carboxylic acids is 1. The van der Waals surface area contributed by atoms with Crippen molar-refractivity contribution in [1.29, 1.82) is 0 Å². The van der Waals surface area contributed by atoms with Gasteiger partial charge in [0.25, 0.3) is 0 Å². The Balaban J connectivity index is 1.72. The van der Waals surface area contributed by atoms with Crippen molar-refractivity contribution >= 4 is 39.9 Å². The van der Waals surface area contributed by atoms with Crippen molar-refractivity contribution < 1.29 is 4.79 Å². The molecule has 0 bridgehead atoms. The number of carbonyl (C=O) groups is 1. The summed E-state index contributed by atoms with van der Waals surface area (Å²) in [4.78, 5) is 18.1. The maximum atomic E-state index is 12.6. The van der Waals surface area contributed by atoms with Crippen molar-refractivity contribution in [2.24, 2.45) is 0 Å². The molecule has 108 valence electrons. The summed E-state index contributed by atoms with van der Waals surface area (Å²) in [6.07, 6.45) is 0.494. The molecule has 0 saturated carbocycles. The summed E-state index contributed by atoms with van der Waals surface area (Å²) in [5, 5.41) is 6.14. The second kappa shape index (κ2) is 7.02. The lowest BCUT2D eigenvalue weighted by molar-refractivity contribution is -0.131. The molecular formula is C16H15NOS3. The molecule has 0 saturated heterocycles. The molecular weight excluding hydrogens is 318 g/mol. The minimum atomic E-state index is 0.194. The van der Waals surface area contributed by atoms with E-state index in [1.165, 1.54) is 9.75 Å². The minimum absolute atomic E-state index is 0.194. The number of hydrogen-bond donors (Lipinski definition) is 0. The molecule has 3 aromatic rings. The third kappa shape index (κ3) is 4.03. The van der Waals surface area contributed by atoms with Crippen LogP contribution in [0.15, 0.2) is 52.5 Å². The molecule has 0 aromatic carbocycles. The van der Waals surface area contributed by atoms with Gasteiger partial charge in [-0.2, -0.15) is 0 Å². The fourth-order valence-corrected chi connectivity index (χ4v) is 4.22. The monoisotopic (exact) mass is 333 g/mol. The Morgan fingerprint density at radius 3 is 1.71 bits per heavy atom. The lowest BCUT2D eigenvalue weighted by Gasteiger charge is -2.21. The van der Waals surface area contributed by atoms with E-state index in [4.69, 9.17) is 0 Å². The first-order valence-electron chi connectivity index (χ1n) is 6.66. The van der Waals surface area contributed by atoms with E-state index >= 15 is 0 Å². The Morgan fingerprint density at radius 2 is 1.29 bits per heavy atom. The summed E-state index contributed by atoms with van der Waals surface area (Å²) in [5.41, 5.74) is 0. The SMILES string of the molecule is O=C(Cc1cccs1)N(Cc1cccs1)Cc1cccs1. The van der Waals surface area contributed by atoms with Gasteiger partial charge in [0.05, 0.1) is 19.5 Å². The van der Waals surface area contributed by atoms with Crippen molar-refractivity contribution in [3.63, 3.8) is 0 Å². The number of amides is 1. The highest BCUT2D eigenvalue weighted by Gasteiger charge is 2.16. The van der Waals surface area contributed by atoms with Gasteiger partial charge in [0.15, 0.2) is 0 Å². The Hall–Kier alpha value is -1.43. The van der Waals surface area contributed by atoms with Crippen LogP contribution >= 0.6 is 34.0 Å². The highest BCUT2D eigenvalue weighted by molar-refractivity contribution is 7.10. The van der Waals surface area contributed by atoms with Crippen molar-refractivity contribution in [3.05, 3.63) is 67.2 Å². The van der Waals surface area contributed by atoms with Crippen LogP contribution in [0.3, 0.4) is 0 Å². The number of rotatable bonds is 6. The number of thiophene rings is 3. The largest absolute Gasteiger partial charge is 0.332 e. The predicted octanol–water partition coefficient (Wildman–Crippen LogP) is 4.64. The first kappa shape index (κ1) is 14.5. The molecule has 1 amide bonds. The minimum Gasteiger partial charge on any atom is -0.332 e. The number of hydrogen-bond acceptors (Lipinski definition) is 4. The molecule has 3 rings (SSSR count). The molecule has 0 aliphatic heterocycles. The van der Waals surface area contributed by atoms with Gasteiger partial charge in [-0.3, -0.25) is 4.79 Å². The van der Waals surface area contributed by atoms with E-state index in [9.17, 15) is 4.79 Å². The van der Waals surface area contributed by atoms with Crippen molar-refractivity contribution in [2.75, 3.05) is 0 Å². The van der Waals surface area contributed by atoms with E-state index in [0.29, 0.717) is 19.5 Å². The Labute approximate surface area is 136 Å². The van der Waals surface area contributed by atoms with Crippen LogP contribution in [0.2, 0.25) is 0 Å². The highest BCUT2D eigenvalue weighted by atomic mass is 32.1. The summed E-state index contributed by atoms with van der Waals surface area (Å²) in [6.45, 7) is 1.39. The molecule has 0 atom stereocenters. The second-order valence-corrected chi connectivity index (χ2v) is 7.76. The fraction of sp³-hybridized carbons (Fsp3) is 0.188. The predicted molar refractivity (Wildman–Crippen MR) is 90.9 cm³/mol. The van der Waals surface area contributed by atoms with Gasteiger partial charge in [0.2, 0.25) is 5.91 Å². The molecule has 21 heavy (non-hydrogen) atoms. The Bertz CT molecular complexity index is 620. The molecule has 0 N–H and O–H groups in total. The maximum absolute atomic E-state index is 12.6. The maximum Gasteiger partial charge on any atom is 0.228 e. The second-order valence-electron chi connectivity index (χ2n) is 4.66. The van der Waals surface area contributed by atoms with Crippen LogP contribution in [-0.4, -0.2) is 10.8 Å². The van der Waals surface area contributed by atoms with Crippen LogP contribution < -0.4 is 0 Å². The quantitative estimate of drug-likeness (QED) is 0.643. The first-order chi connectivity index (χ1) is 10.3. The van der Waals surface area contributed by atoms with Gasteiger partial charge < -0.3 is 4.90 Å². The Morgan fingerprint density at radius 1 is 0.810 bits per heavy atom. The standard InChI is InChI=1S/C16H15NOS3/c18-16(10-13-4-1-7-19-13)17(11-14-5-2-8-20-14)12-15-6-3-9-21-15/h1-9H,10-12H2. The fourth-order valence-electron chi connectivity index (χ4n) is 2.09. The molecule has 3 aromatic heterocycles. The third-order valence-corrected chi connectivity index (χ3v) is 5.71. The van der Waals surface area contributed by atoms with Crippen LogP contribution in [0.25, 0.3) is 0 Å². The molecule has 0 unspecified atom stereocenters. The summed E-state index contributed by atoms with van der Waals surface area (Å²) < 4.78 is 0. The van der Waals surface area contributed by atoms with Crippen LogP contribution in [0, 0.1) is 0 Å². The number of nitrogens with zero attached hydrogens (tertiary/aromatic N) is 1. The van der Waals surface area contributed by atoms with E-state index in [1.54, 1.807) is 34.0 Å². The van der Waals surface area contributed by atoms with Crippen molar-refractivity contribution in [1.82, 2.24) is 4.90 Å². The van der Waals surface area contributed by atoms with Gasteiger partial charge in [-0.05, 0) is 34.3 Å². The lowest BCUT2D eigenvalue weighted by atomic mass is 10.3. The smallest absolute Gasteiger partial charge is 0.228 e. The zero-order valence-corrected chi connectivity index (χ0v) is 13.8. The van der Waals surface area contributed by atoms with Crippen LogP contribution in [0.4, 0.5) is 0 Å². The van der Waals surface area contributed by atoms with Crippen molar-refractivity contribution in [3.8, 4) is 0 Å². The molecule has 5 heteroatoms. The summed E-state index contributed by atoms with van der Waals surface area (Å²) >= 11 is 5.05. The van der Waals surface area contributed by atoms with E-state index in [0.717, 1.165) is 4.88 Å². The summed E-state index contributed by atoms with van der Waals surface area (Å²) in [7, 11) is 0. The zero-order valence-electron chi connectivity index (χ0n) is 11.4. The van der Waals surface area contributed by atoms with Gasteiger partial charge in [-0.25, -0.2) is 0 Å². The highest BCUT2D eigenvalue weighted by Crippen LogP contribution is 2.19. The van der Waals surface area contributed by atoms with Gasteiger partial charge in [0, 0.05) is 14.6 Å². The van der Waals surface area contributed by atoms with Crippen LogP contribution in [0.1, 0.15) is 14.6 Å². The third-order valence-electron chi connectivity index (χ3n) is 3.11. The van der Waals surface area contributed by atoms with Crippen molar-refractivity contribution in [2.45, 2.75) is 19.5 Å². The molecule has 0 fully saturated rings. The molecule has 0 radical (unpaired) electrons. The lowest BCUT2D eigenvalue weighted by Crippen LogP contribution is -2.30. The molecule has 3 heterocycles. The van der Waals surface area contributed by atoms with E-state index in [1.807, 2.05) is 34.5 Å². The average Bonchev–Trinajstić information content (AvgIpc) is 3.21. The topological polar surface area (TPSA) is 20.3 Å². The molecule has 0 aliphatic carbocycles. The van der Waals surface area contributed by atoms with E-state index in [2.05, 4.69) is 22.9 Å². The van der Waals surface area contributed by atoms with Gasteiger partial charge in [0.1, 0.15) is 0 Å². The van der Waals surface area contributed by atoms with E-state index in [-0.39, 0.29) is 5.91 Å². The molecule has 0 spiro atoms. The normalized spacial score (nSPS) is 10.7. The van der Waals surface area contributed by atoms with Gasteiger partial charge >= 0.3 is 0 Å². The molecule has 0 aliphatic rings. The zero-order chi connectivity index (χ0) is 14.5. The summed E-state index contributed by atoms with van der Waals surface area (Å²) in [6, 6.07) is 12.3. The summed E-state index contributed by atoms with van der Waals surface area (Å²) in [5.74, 6) is 0.194. The Kier molecular flexibility index (Phi) is 4.85. The van der Waals surface area contributed by atoms with Gasteiger partial charge in [-0.1, -0.05) is 18.2 Å². The van der Waals surface area contributed by atoms with Gasteiger partial charge in [-0.15, -0.1) is 34.0 Å². The van der Waals surface area contributed by atoms with Crippen LogP contribution in [-0.2, 0) is 24.3 Å². The first-order valence-corrected chi connectivity index (χ1v) is 9.30. The van der Waals surface area contributed by atoms with E-state index < -0.39 is 0 Å². The average molecular weight is 334 g/mol. The molecule has 2 nitrogen and oxygen atoms in total.